The minimum atomic E-state index is 0.336. The van der Waals surface area contributed by atoms with Crippen LogP contribution < -0.4 is 0 Å². The number of allylic oxidation sites excluding steroid dienone is 3. The summed E-state index contributed by atoms with van der Waals surface area (Å²) in [6.07, 6.45) is 4.05. The first-order valence-corrected chi connectivity index (χ1v) is 2.04. The van der Waals surface area contributed by atoms with Gasteiger partial charge in [0.25, 0.3) is 0 Å². The molecule has 0 rings (SSSR count). The van der Waals surface area contributed by atoms with E-state index in [9.17, 15) is 4.79 Å². The molecule has 7 heavy (non-hydrogen) atoms. The molecule has 0 bridgehead atoms. The van der Waals surface area contributed by atoms with Gasteiger partial charge in [-0.3, -0.25) is 4.79 Å². The van der Waals surface area contributed by atoms with E-state index in [2.05, 4.69) is 6.58 Å². The largest absolute Gasteiger partial charge is 0.286 e. The van der Waals surface area contributed by atoms with E-state index < -0.39 is 0 Å². The van der Waals surface area contributed by atoms with Crippen molar-refractivity contribution in [1.29, 1.82) is 0 Å². The average molecular weight is 116 g/mol. The molecule has 0 N–H and O–H groups in total. The van der Waals surface area contributed by atoms with Crippen molar-refractivity contribution in [3.63, 3.8) is 0 Å². The van der Waals surface area contributed by atoms with E-state index in [4.69, 9.17) is 11.6 Å². The second kappa shape index (κ2) is 3.62. The fourth-order valence-electron chi connectivity index (χ4n) is 0.124. The molecule has 0 fully saturated rings. The second-order valence-corrected chi connectivity index (χ2v) is 1.38. The Labute approximate surface area is 47.3 Å². The van der Waals surface area contributed by atoms with Crippen LogP contribution in [-0.4, -0.2) is 6.29 Å². The molecule has 1 radical (unpaired) electrons. The zero-order valence-electron chi connectivity index (χ0n) is 3.65. The maximum absolute atomic E-state index is 9.40. The molecule has 0 aliphatic heterocycles. The number of hydrogen-bond acceptors (Lipinski definition) is 1. The lowest BCUT2D eigenvalue weighted by Gasteiger charge is -1.71. The fraction of sp³-hybridized carbons (Fsp3) is 0. The van der Waals surface area contributed by atoms with E-state index in [1.165, 1.54) is 12.4 Å². The van der Waals surface area contributed by atoms with E-state index in [1.807, 2.05) is 0 Å². The highest BCUT2D eigenvalue weighted by atomic mass is 35.5. The van der Waals surface area contributed by atoms with Crippen LogP contribution in [-0.2, 0) is 4.79 Å². The SMILES string of the molecule is C=C(Cl)C=C[C]=O. The van der Waals surface area contributed by atoms with Gasteiger partial charge in [-0.25, -0.2) is 0 Å². The van der Waals surface area contributed by atoms with E-state index in [-0.39, 0.29) is 0 Å². The van der Waals surface area contributed by atoms with E-state index in [1.54, 1.807) is 0 Å². The van der Waals surface area contributed by atoms with Gasteiger partial charge in [0.1, 0.15) is 0 Å². The topological polar surface area (TPSA) is 17.1 Å². The van der Waals surface area contributed by atoms with Crippen molar-refractivity contribution >= 4 is 17.9 Å². The third kappa shape index (κ3) is 5.44. The summed E-state index contributed by atoms with van der Waals surface area (Å²) in [7, 11) is 0. The Hall–Kier alpha value is -0.560. The van der Waals surface area contributed by atoms with Crippen molar-refractivity contribution in [2.75, 3.05) is 0 Å². The Morgan fingerprint density at radius 1 is 1.86 bits per heavy atom. The molecule has 2 heteroatoms. The van der Waals surface area contributed by atoms with Crippen molar-refractivity contribution in [3.8, 4) is 0 Å². The van der Waals surface area contributed by atoms with Crippen LogP contribution >= 0.6 is 11.6 Å². The standard InChI is InChI=1S/C5H4ClO/c1-5(6)3-2-4-7/h2-3H,1H2. The first-order valence-electron chi connectivity index (χ1n) is 1.66. The molecule has 0 aliphatic rings. The highest BCUT2D eigenvalue weighted by Gasteiger charge is 1.71. The summed E-state index contributed by atoms with van der Waals surface area (Å²) < 4.78 is 0. The van der Waals surface area contributed by atoms with Crippen molar-refractivity contribution in [3.05, 3.63) is 23.8 Å². The zero-order chi connectivity index (χ0) is 5.70. The van der Waals surface area contributed by atoms with Crippen LogP contribution in [0.2, 0.25) is 0 Å². The summed E-state index contributed by atoms with van der Waals surface area (Å²) in [5.41, 5.74) is 0. The van der Waals surface area contributed by atoms with Crippen molar-refractivity contribution in [2.24, 2.45) is 0 Å². The van der Waals surface area contributed by atoms with Gasteiger partial charge in [-0.2, -0.15) is 0 Å². The number of carbonyl (C=O) groups excluding carboxylic acids is 1. The minimum absolute atomic E-state index is 0.336. The second-order valence-electron chi connectivity index (χ2n) is 0.898. The van der Waals surface area contributed by atoms with Crippen molar-refractivity contribution < 1.29 is 4.79 Å². The molecule has 0 amide bonds. The molecule has 0 spiro atoms. The summed E-state index contributed by atoms with van der Waals surface area (Å²) in [6, 6.07) is 0. The van der Waals surface area contributed by atoms with Crippen LogP contribution in [0.5, 0.6) is 0 Å². The third-order valence-corrected chi connectivity index (χ3v) is 0.458. The predicted octanol–water partition coefficient (Wildman–Crippen LogP) is 1.40. The Balaban J connectivity index is 3.46. The van der Waals surface area contributed by atoms with E-state index in [0.29, 0.717) is 5.03 Å². The fourth-order valence-corrected chi connectivity index (χ4v) is 0.187. The van der Waals surface area contributed by atoms with Crippen LogP contribution in [0, 0.1) is 0 Å². The third-order valence-electron chi connectivity index (χ3n) is 0.332. The first kappa shape index (κ1) is 6.44. The number of hydrogen-bond donors (Lipinski definition) is 0. The van der Waals surface area contributed by atoms with Gasteiger partial charge < -0.3 is 0 Å². The molecule has 37 valence electrons. The average Bonchev–Trinajstić information content (AvgIpc) is 1.61. The van der Waals surface area contributed by atoms with Crippen molar-refractivity contribution in [1.82, 2.24) is 0 Å². The molecule has 0 aliphatic carbocycles. The van der Waals surface area contributed by atoms with Gasteiger partial charge in [-0.15, -0.1) is 0 Å². The van der Waals surface area contributed by atoms with Gasteiger partial charge in [0.15, 0.2) is 0 Å². The molecular weight excluding hydrogens is 112 g/mol. The highest BCUT2D eigenvalue weighted by molar-refractivity contribution is 6.30. The summed E-state index contributed by atoms with van der Waals surface area (Å²) in [6.45, 7) is 3.29. The quantitative estimate of drug-likeness (QED) is 0.393. The van der Waals surface area contributed by atoms with Gasteiger partial charge in [-0.05, 0) is 12.2 Å². The molecular formula is C5H4ClO. The summed E-state index contributed by atoms with van der Waals surface area (Å²) >= 11 is 5.20. The summed E-state index contributed by atoms with van der Waals surface area (Å²) in [5.74, 6) is 0. The smallest absolute Gasteiger partial charge is 0.225 e. The van der Waals surface area contributed by atoms with Gasteiger partial charge in [-0.1, -0.05) is 18.2 Å². The molecule has 0 unspecified atom stereocenters. The van der Waals surface area contributed by atoms with Crippen LogP contribution in [0.25, 0.3) is 0 Å². The van der Waals surface area contributed by atoms with Crippen LogP contribution in [0.3, 0.4) is 0 Å². The van der Waals surface area contributed by atoms with Crippen LogP contribution in [0.1, 0.15) is 0 Å². The van der Waals surface area contributed by atoms with E-state index >= 15 is 0 Å². The molecule has 0 aromatic carbocycles. The number of rotatable bonds is 2. The van der Waals surface area contributed by atoms with Crippen LogP contribution in [0.4, 0.5) is 0 Å². The Bertz CT molecular complexity index is 105. The van der Waals surface area contributed by atoms with Crippen molar-refractivity contribution in [2.45, 2.75) is 0 Å². The lowest BCUT2D eigenvalue weighted by molar-refractivity contribution is 0.564. The molecule has 1 nitrogen and oxygen atoms in total. The molecule has 0 heterocycles. The minimum Gasteiger partial charge on any atom is -0.286 e. The summed E-state index contributed by atoms with van der Waals surface area (Å²) in [4.78, 5) is 9.40. The summed E-state index contributed by atoms with van der Waals surface area (Å²) in [5, 5.41) is 0.336. The molecule has 0 aromatic heterocycles. The van der Waals surface area contributed by atoms with Gasteiger partial charge in [0, 0.05) is 5.03 Å². The maximum Gasteiger partial charge on any atom is 0.225 e. The van der Waals surface area contributed by atoms with Gasteiger partial charge in [0.05, 0.1) is 0 Å². The molecule has 0 aromatic rings. The highest BCUT2D eigenvalue weighted by Crippen LogP contribution is 1.95. The first-order chi connectivity index (χ1) is 3.27. The Kier molecular flexibility index (Phi) is 3.33. The molecule has 0 saturated carbocycles. The monoisotopic (exact) mass is 115 g/mol. The Morgan fingerprint density at radius 2 is 2.43 bits per heavy atom. The molecule has 0 saturated heterocycles. The van der Waals surface area contributed by atoms with Gasteiger partial charge in [0.2, 0.25) is 6.29 Å². The zero-order valence-corrected chi connectivity index (χ0v) is 4.40. The Morgan fingerprint density at radius 3 is 2.57 bits per heavy atom. The molecule has 0 atom stereocenters. The lowest BCUT2D eigenvalue weighted by Crippen LogP contribution is -1.58. The van der Waals surface area contributed by atoms with Gasteiger partial charge >= 0.3 is 0 Å². The van der Waals surface area contributed by atoms with Crippen LogP contribution in [0.15, 0.2) is 23.8 Å². The lowest BCUT2D eigenvalue weighted by atomic mass is 10.5. The normalized spacial score (nSPS) is 9.29. The van der Waals surface area contributed by atoms with E-state index in [0.717, 1.165) is 6.08 Å². The predicted molar refractivity (Wildman–Crippen MR) is 29.8 cm³/mol. The maximum atomic E-state index is 9.40. The number of halogens is 1.